The number of hydrogen-bond acceptors (Lipinski definition) is 4. The van der Waals surface area contributed by atoms with Gasteiger partial charge >= 0.3 is 11.9 Å². The first-order valence-electron chi connectivity index (χ1n) is 5.36. The van der Waals surface area contributed by atoms with Crippen molar-refractivity contribution < 1.29 is 19.4 Å². The van der Waals surface area contributed by atoms with Crippen LogP contribution in [-0.2, 0) is 20.7 Å². The SMILES string of the molecule is COC(=O)C=Cc1ccc(C[C@H](N)C(=O)O)cc1. The summed E-state index contributed by atoms with van der Waals surface area (Å²) in [5.74, 6) is -1.45. The summed E-state index contributed by atoms with van der Waals surface area (Å²) in [7, 11) is 1.31. The predicted molar refractivity (Wildman–Crippen MR) is 66.8 cm³/mol. The van der Waals surface area contributed by atoms with E-state index < -0.39 is 18.0 Å². The molecule has 5 nitrogen and oxygen atoms in total. The van der Waals surface area contributed by atoms with Crippen LogP contribution in [0.3, 0.4) is 0 Å². The monoisotopic (exact) mass is 249 g/mol. The molecular weight excluding hydrogens is 234 g/mol. The van der Waals surface area contributed by atoms with Gasteiger partial charge in [0.2, 0.25) is 0 Å². The van der Waals surface area contributed by atoms with Crippen molar-refractivity contribution in [1.29, 1.82) is 0 Å². The Morgan fingerprint density at radius 2 is 2.00 bits per heavy atom. The second-order valence-electron chi connectivity index (χ2n) is 3.75. The van der Waals surface area contributed by atoms with Crippen LogP contribution in [0.2, 0.25) is 0 Å². The van der Waals surface area contributed by atoms with Crippen molar-refractivity contribution in [2.24, 2.45) is 5.73 Å². The molecule has 0 spiro atoms. The minimum atomic E-state index is -1.02. The van der Waals surface area contributed by atoms with E-state index in [2.05, 4.69) is 4.74 Å². The summed E-state index contributed by atoms with van der Waals surface area (Å²) in [5, 5.41) is 8.68. The third-order valence-electron chi connectivity index (χ3n) is 2.37. The van der Waals surface area contributed by atoms with E-state index in [0.717, 1.165) is 11.1 Å². The van der Waals surface area contributed by atoms with Crippen LogP contribution < -0.4 is 5.73 Å². The summed E-state index contributed by atoms with van der Waals surface area (Å²) >= 11 is 0. The predicted octanol–water partition coefficient (Wildman–Crippen LogP) is 0.827. The van der Waals surface area contributed by atoms with E-state index in [1.165, 1.54) is 13.2 Å². The molecule has 0 aliphatic rings. The molecule has 1 rings (SSSR count). The molecule has 0 saturated carbocycles. The van der Waals surface area contributed by atoms with Gasteiger partial charge in [-0.25, -0.2) is 4.79 Å². The van der Waals surface area contributed by atoms with Gasteiger partial charge in [-0.2, -0.15) is 0 Å². The van der Waals surface area contributed by atoms with Gasteiger partial charge in [0.1, 0.15) is 6.04 Å². The number of methoxy groups -OCH3 is 1. The molecule has 5 heteroatoms. The molecule has 1 aromatic rings. The number of carboxylic acid groups (broad SMARTS) is 1. The Labute approximate surface area is 105 Å². The van der Waals surface area contributed by atoms with Crippen molar-refractivity contribution in [2.45, 2.75) is 12.5 Å². The third-order valence-corrected chi connectivity index (χ3v) is 2.37. The normalized spacial score (nSPS) is 12.3. The fraction of sp³-hybridized carbons (Fsp3) is 0.231. The Hall–Kier alpha value is -2.14. The maximum Gasteiger partial charge on any atom is 0.330 e. The van der Waals surface area contributed by atoms with Crippen LogP contribution in [0.15, 0.2) is 30.3 Å². The topological polar surface area (TPSA) is 89.6 Å². The van der Waals surface area contributed by atoms with Crippen LogP contribution in [0.5, 0.6) is 0 Å². The second kappa shape index (κ2) is 6.56. The van der Waals surface area contributed by atoms with Crippen LogP contribution in [-0.4, -0.2) is 30.2 Å². The van der Waals surface area contributed by atoms with E-state index in [9.17, 15) is 9.59 Å². The Kier molecular flexibility index (Phi) is 5.07. The lowest BCUT2D eigenvalue weighted by atomic mass is 10.0. The molecule has 96 valence electrons. The van der Waals surface area contributed by atoms with E-state index in [1.54, 1.807) is 30.3 Å². The van der Waals surface area contributed by atoms with Gasteiger partial charge in [-0.15, -0.1) is 0 Å². The van der Waals surface area contributed by atoms with E-state index >= 15 is 0 Å². The molecule has 0 aliphatic heterocycles. The first kappa shape index (κ1) is 13.9. The summed E-state index contributed by atoms with van der Waals surface area (Å²) in [4.78, 5) is 21.5. The molecular formula is C13H15NO4. The highest BCUT2D eigenvalue weighted by molar-refractivity contribution is 5.86. The summed E-state index contributed by atoms with van der Waals surface area (Å²) in [6.07, 6.45) is 3.21. The number of ether oxygens (including phenoxy) is 1. The number of rotatable bonds is 5. The number of esters is 1. The number of nitrogens with two attached hydrogens (primary N) is 1. The molecule has 0 amide bonds. The van der Waals surface area contributed by atoms with Crippen LogP contribution in [0.1, 0.15) is 11.1 Å². The number of carbonyl (C=O) groups is 2. The average molecular weight is 249 g/mol. The van der Waals surface area contributed by atoms with Gasteiger partial charge in [-0.3, -0.25) is 4.79 Å². The Balaban J connectivity index is 2.65. The van der Waals surface area contributed by atoms with Crippen molar-refractivity contribution in [3.63, 3.8) is 0 Å². The van der Waals surface area contributed by atoms with Crippen molar-refractivity contribution in [3.8, 4) is 0 Å². The van der Waals surface area contributed by atoms with Gasteiger partial charge < -0.3 is 15.6 Å². The van der Waals surface area contributed by atoms with Crippen molar-refractivity contribution in [1.82, 2.24) is 0 Å². The molecule has 0 heterocycles. The first-order valence-corrected chi connectivity index (χ1v) is 5.36. The molecule has 3 N–H and O–H groups in total. The van der Waals surface area contributed by atoms with Crippen LogP contribution in [0.25, 0.3) is 6.08 Å². The number of carboxylic acids is 1. The van der Waals surface area contributed by atoms with Crippen molar-refractivity contribution in [2.75, 3.05) is 7.11 Å². The second-order valence-corrected chi connectivity index (χ2v) is 3.75. The maximum atomic E-state index is 10.9. The number of carbonyl (C=O) groups excluding carboxylic acids is 1. The fourth-order valence-corrected chi connectivity index (χ4v) is 1.34. The van der Waals surface area contributed by atoms with Crippen LogP contribution >= 0.6 is 0 Å². The molecule has 18 heavy (non-hydrogen) atoms. The number of hydrogen-bond donors (Lipinski definition) is 2. The highest BCUT2D eigenvalue weighted by Crippen LogP contribution is 2.08. The lowest BCUT2D eigenvalue weighted by Crippen LogP contribution is -2.32. The van der Waals surface area contributed by atoms with Crippen LogP contribution in [0, 0.1) is 0 Å². The van der Waals surface area contributed by atoms with Crippen molar-refractivity contribution >= 4 is 18.0 Å². The molecule has 0 fully saturated rings. The molecule has 0 radical (unpaired) electrons. The highest BCUT2D eigenvalue weighted by atomic mass is 16.5. The molecule has 0 aliphatic carbocycles. The summed E-state index contributed by atoms with van der Waals surface area (Å²) in [6, 6.07) is 6.22. The first-order chi connectivity index (χ1) is 8.52. The quantitative estimate of drug-likeness (QED) is 0.596. The van der Waals surface area contributed by atoms with Crippen LogP contribution in [0.4, 0.5) is 0 Å². The lowest BCUT2D eigenvalue weighted by Gasteiger charge is -2.06. The molecule has 0 bridgehead atoms. The standard InChI is InChI=1S/C13H15NO4/c1-18-12(15)7-6-9-2-4-10(5-3-9)8-11(14)13(16)17/h2-7,11H,8,14H2,1H3,(H,16,17)/t11-/m0/s1. The number of benzene rings is 1. The zero-order valence-corrected chi connectivity index (χ0v) is 10.00. The summed E-state index contributed by atoms with van der Waals surface area (Å²) in [6.45, 7) is 0. The van der Waals surface area contributed by atoms with Gasteiger partial charge in [0.25, 0.3) is 0 Å². The smallest absolute Gasteiger partial charge is 0.330 e. The zero-order chi connectivity index (χ0) is 13.5. The molecule has 0 aromatic heterocycles. The largest absolute Gasteiger partial charge is 0.480 e. The summed E-state index contributed by atoms with van der Waals surface area (Å²) in [5.41, 5.74) is 7.09. The Bertz CT molecular complexity index is 451. The summed E-state index contributed by atoms with van der Waals surface area (Å²) < 4.78 is 4.47. The Morgan fingerprint density at radius 1 is 1.39 bits per heavy atom. The minimum absolute atomic E-state index is 0.274. The molecule has 1 aromatic carbocycles. The zero-order valence-electron chi connectivity index (χ0n) is 10.00. The number of aliphatic carboxylic acids is 1. The Morgan fingerprint density at radius 3 is 2.50 bits per heavy atom. The maximum absolute atomic E-state index is 10.9. The fourth-order valence-electron chi connectivity index (χ4n) is 1.34. The van der Waals surface area contributed by atoms with Gasteiger partial charge in [0.15, 0.2) is 0 Å². The van der Waals surface area contributed by atoms with Gasteiger partial charge in [0.05, 0.1) is 7.11 Å². The van der Waals surface area contributed by atoms with E-state index in [1.807, 2.05) is 0 Å². The lowest BCUT2D eigenvalue weighted by molar-refractivity contribution is -0.138. The minimum Gasteiger partial charge on any atom is -0.480 e. The van der Waals surface area contributed by atoms with Gasteiger partial charge in [0, 0.05) is 6.08 Å². The van der Waals surface area contributed by atoms with Gasteiger partial charge in [-0.1, -0.05) is 24.3 Å². The van der Waals surface area contributed by atoms with Gasteiger partial charge in [-0.05, 0) is 23.6 Å². The molecule has 1 atom stereocenters. The van der Waals surface area contributed by atoms with E-state index in [0.29, 0.717) is 0 Å². The van der Waals surface area contributed by atoms with E-state index in [-0.39, 0.29) is 6.42 Å². The molecule has 0 saturated heterocycles. The molecule has 0 unspecified atom stereocenters. The highest BCUT2D eigenvalue weighted by Gasteiger charge is 2.11. The van der Waals surface area contributed by atoms with Crippen molar-refractivity contribution in [3.05, 3.63) is 41.5 Å². The average Bonchev–Trinajstić information content (AvgIpc) is 2.37. The third kappa shape index (κ3) is 4.39. The van der Waals surface area contributed by atoms with E-state index in [4.69, 9.17) is 10.8 Å².